The number of nitrogens with zero attached hydrogens (tertiary/aromatic N) is 2. The Morgan fingerprint density at radius 2 is 1.95 bits per heavy atom. The van der Waals surface area contributed by atoms with Gasteiger partial charge in [0.25, 0.3) is 0 Å². The third-order valence-electron chi connectivity index (χ3n) is 4.61. The molecule has 3 nitrogen and oxygen atoms in total. The van der Waals surface area contributed by atoms with Gasteiger partial charge in [0.15, 0.2) is 0 Å². The summed E-state index contributed by atoms with van der Waals surface area (Å²) in [6.45, 7) is 1.54. The predicted octanol–water partition coefficient (Wildman–Crippen LogP) is 3.53. The average molecular weight is 301 g/mol. The summed E-state index contributed by atoms with van der Waals surface area (Å²) in [7, 11) is 0. The molecule has 118 valence electrons. The molecule has 1 N–H and O–H groups in total. The van der Waals surface area contributed by atoms with Crippen LogP contribution in [0.15, 0.2) is 0 Å². The molecule has 0 saturated heterocycles. The first-order valence-corrected chi connectivity index (χ1v) is 7.90. The van der Waals surface area contributed by atoms with E-state index in [-0.39, 0.29) is 6.54 Å². The van der Waals surface area contributed by atoms with Crippen molar-refractivity contribution in [2.75, 3.05) is 6.54 Å². The van der Waals surface area contributed by atoms with Crippen LogP contribution < -0.4 is 5.32 Å². The molecular formula is C15H22F3N3. The molecule has 3 rings (SSSR count). The highest BCUT2D eigenvalue weighted by molar-refractivity contribution is 5.22. The summed E-state index contributed by atoms with van der Waals surface area (Å²) >= 11 is 0. The highest BCUT2D eigenvalue weighted by Crippen LogP contribution is 2.34. The van der Waals surface area contributed by atoms with Gasteiger partial charge in [-0.1, -0.05) is 19.3 Å². The Morgan fingerprint density at radius 1 is 1.19 bits per heavy atom. The fraction of sp³-hybridized carbons (Fsp3) is 0.800. The third-order valence-corrected chi connectivity index (χ3v) is 4.61. The van der Waals surface area contributed by atoms with Gasteiger partial charge in [-0.15, -0.1) is 0 Å². The summed E-state index contributed by atoms with van der Waals surface area (Å²) in [6, 6.07) is 0. The van der Waals surface area contributed by atoms with Gasteiger partial charge < -0.3 is 9.88 Å². The standard InChI is InChI=1S/C15H22F3N3/c16-15(17,18)7-9-21-13-6-8-19-10-12(13)20-14(21)11-4-2-1-3-5-11/h11,19H,1-10H2. The number of nitrogens with one attached hydrogen (secondary N) is 1. The van der Waals surface area contributed by atoms with Gasteiger partial charge in [-0.3, -0.25) is 0 Å². The van der Waals surface area contributed by atoms with Crippen molar-refractivity contribution in [3.8, 4) is 0 Å². The summed E-state index contributed by atoms with van der Waals surface area (Å²) < 4.78 is 39.7. The van der Waals surface area contributed by atoms with Crippen molar-refractivity contribution >= 4 is 0 Å². The van der Waals surface area contributed by atoms with E-state index in [2.05, 4.69) is 5.32 Å². The molecule has 1 aromatic heterocycles. The van der Waals surface area contributed by atoms with Crippen LogP contribution in [0.25, 0.3) is 0 Å². The van der Waals surface area contributed by atoms with Crippen LogP contribution in [-0.4, -0.2) is 22.3 Å². The van der Waals surface area contributed by atoms with Gasteiger partial charge in [-0.05, 0) is 12.8 Å². The van der Waals surface area contributed by atoms with Gasteiger partial charge in [-0.25, -0.2) is 4.98 Å². The second kappa shape index (κ2) is 5.99. The van der Waals surface area contributed by atoms with Crippen LogP contribution in [0.4, 0.5) is 13.2 Å². The summed E-state index contributed by atoms with van der Waals surface area (Å²) in [5.41, 5.74) is 1.99. The number of halogens is 3. The molecule has 1 saturated carbocycles. The smallest absolute Gasteiger partial charge is 0.331 e. The maximum atomic E-state index is 12.6. The summed E-state index contributed by atoms with van der Waals surface area (Å²) in [6.07, 6.45) is 1.62. The largest absolute Gasteiger partial charge is 0.390 e. The van der Waals surface area contributed by atoms with Gasteiger partial charge in [0.2, 0.25) is 0 Å². The zero-order valence-electron chi connectivity index (χ0n) is 12.2. The fourth-order valence-corrected chi connectivity index (χ4v) is 3.55. The van der Waals surface area contributed by atoms with Crippen molar-refractivity contribution in [2.24, 2.45) is 0 Å². The number of fused-ring (bicyclic) bond motifs is 1. The molecule has 0 radical (unpaired) electrons. The van der Waals surface area contributed by atoms with Crippen molar-refractivity contribution in [1.29, 1.82) is 0 Å². The van der Waals surface area contributed by atoms with Gasteiger partial charge in [-0.2, -0.15) is 13.2 Å². The SMILES string of the molecule is FC(F)(F)CCn1c(C2CCCCC2)nc2c1CCNC2. The maximum absolute atomic E-state index is 12.6. The minimum atomic E-state index is -4.10. The van der Waals surface area contributed by atoms with Crippen LogP contribution in [0.3, 0.4) is 0 Å². The molecule has 1 aromatic rings. The van der Waals surface area contributed by atoms with Crippen LogP contribution in [0.1, 0.15) is 61.7 Å². The Balaban J connectivity index is 1.88. The van der Waals surface area contributed by atoms with E-state index < -0.39 is 12.6 Å². The van der Waals surface area contributed by atoms with E-state index in [1.165, 1.54) is 19.3 Å². The highest BCUT2D eigenvalue weighted by Gasteiger charge is 2.30. The van der Waals surface area contributed by atoms with Crippen LogP contribution in [0.5, 0.6) is 0 Å². The van der Waals surface area contributed by atoms with Crippen molar-refractivity contribution in [2.45, 2.75) is 70.1 Å². The molecule has 0 atom stereocenters. The molecule has 1 aliphatic heterocycles. The van der Waals surface area contributed by atoms with Crippen molar-refractivity contribution in [3.05, 3.63) is 17.2 Å². The van der Waals surface area contributed by atoms with Gasteiger partial charge in [0.1, 0.15) is 5.82 Å². The monoisotopic (exact) mass is 301 g/mol. The zero-order valence-corrected chi connectivity index (χ0v) is 12.2. The molecule has 0 spiro atoms. The topological polar surface area (TPSA) is 29.9 Å². The minimum absolute atomic E-state index is 0.0255. The lowest BCUT2D eigenvalue weighted by molar-refractivity contribution is -0.136. The zero-order chi connectivity index (χ0) is 14.9. The molecule has 6 heteroatoms. The van der Waals surface area contributed by atoms with Crippen molar-refractivity contribution in [1.82, 2.24) is 14.9 Å². The van der Waals surface area contributed by atoms with E-state index in [9.17, 15) is 13.2 Å². The molecule has 2 aliphatic rings. The van der Waals surface area contributed by atoms with Crippen LogP contribution in [-0.2, 0) is 19.5 Å². The van der Waals surface area contributed by atoms with E-state index in [0.29, 0.717) is 12.5 Å². The number of rotatable bonds is 3. The Morgan fingerprint density at radius 3 is 2.67 bits per heavy atom. The third kappa shape index (κ3) is 3.42. The lowest BCUT2D eigenvalue weighted by Crippen LogP contribution is -2.26. The van der Waals surface area contributed by atoms with E-state index in [0.717, 1.165) is 43.0 Å². The molecule has 0 bridgehead atoms. The second-order valence-electron chi connectivity index (χ2n) is 6.14. The number of alkyl halides is 3. The molecular weight excluding hydrogens is 279 g/mol. The molecule has 1 fully saturated rings. The Hall–Kier alpha value is -1.04. The number of aromatic nitrogens is 2. The molecule has 0 unspecified atom stereocenters. The normalized spacial score (nSPS) is 20.5. The second-order valence-corrected chi connectivity index (χ2v) is 6.14. The quantitative estimate of drug-likeness (QED) is 0.925. The summed E-state index contributed by atoms with van der Waals surface area (Å²) in [5, 5.41) is 3.26. The predicted molar refractivity (Wildman–Crippen MR) is 74.1 cm³/mol. The minimum Gasteiger partial charge on any atom is -0.331 e. The van der Waals surface area contributed by atoms with Crippen LogP contribution in [0, 0.1) is 0 Å². The molecule has 0 amide bonds. The van der Waals surface area contributed by atoms with Gasteiger partial charge in [0, 0.05) is 37.7 Å². The Bertz CT molecular complexity index is 487. The first-order valence-electron chi connectivity index (χ1n) is 7.90. The summed E-state index contributed by atoms with van der Waals surface area (Å²) in [5.74, 6) is 1.25. The average Bonchev–Trinajstić information content (AvgIpc) is 2.84. The molecule has 21 heavy (non-hydrogen) atoms. The van der Waals surface area contributed by atoms with E-state index in [4.69, 9.17) is 4.98 Å². The first-order chi connectivity index (χ1) is 10.0. The van der Waals surface area contributed by atoms with Crippen molar-refractivity contribution in [3.63, 3.8) is 0 Å². The molecule has 0 aromatic carbocycles. The summed E-state index contributed by atoms with van der Waals surface area (Å²) in [4.78, 5) is 4.71. The Labute approximate surface area is 122 Å². The molecule has 2 heterocycles. The van der Waals surface area contributed by atoms with Crippen LogP contribution >= 0.6 is 0 Å². The van der Waals surface area contributed by atoms with Gasteiger partial charge >= 0.3 is 6.18 Å². The van der Waals surface area contributed by atoms with E-state index in [1.807, 2.05) is 4.57 Å². The van der Waals surface area contributed by atoms with Crippen LogP contribution in [0.2, 0.25) is 0 Å². The maximum Gasteiger partial charge on any atom is 0.390 e. The first kappa shape index (κ1) is 14.9. The van der Waals surface area contributed by atoms with Gasteiger partial charge in [0.05, 0.1) is 12.1 Å². The molecule has 1 aliphatic carbocycles. The van der Waals surface area contributed by atoms with Crippen molar-refractivity contribution < 1.29 is 13.2 Å². The lowest BCUT2D eigenvalue weighted by atomic mass is 9.88. The lowest BCUT2D eigenvalue weighted by Gasteiger charge is -2.23. The number of hydrogen-bond donors (Lipinski definition) is 1. The fourth-order valence-electron chi connectivity index (χ4n) is 3.55. The Kier molecular flexibility index (Phi) is 4.24. The van der Waals surface area contributed by atoms with E-state index >= 15 is 0 Å². The highest BCUT2D eigenvalue weighted by atomic mass is 19.4. The number of imidazole rings is 1. The number of hydrogen-bond acceptors (Lipinski definition) is 2. The van der Waals surface area contributed by atoms with E-state index in [1.54, 1.807) is 0 Å².